The van der Waals surface area contributed by atoms with Gasteiger partial charge < -0.3 is 9.55 Å². The zero-order chi connectivity index (χ0) is 15.7. The fraction of sp³-hybridized carbons (Fsp3) is 0.588. The molecule has 3 rings (SSSR count). The highest BCUT2D eigenvalue weighted by Crippen LogP contribution is 2.36. The first-order chi connectivity index (χ1) is 10.6. The van der Waals surface area contributed by atoms with Gasteiger partial charge in [-0.25, -0.2) is 4.79 Å². The number of carbonyl (C=O) groups excluding carboxylic acids is 1. The number of hydrogen-bond donors (Lipinski definition) is 0. The van der Waals surface area contributed by atoms with Crippen LogP contribution in [0.2, 0.25) is 0 Å². The highest BCUT2D eigenvalue weighted by Gasteiger charge is 2.28. The first kappa shape index (κ1) is 15.4. The number of hydrogen-bond acceptors (Lipinski definition) is 3. The van der Waals surface area contributed by atoms with Crippen molar-refractivity contribution in [2.45, 2.75) is 39.5 Å². The van der Waals surface area contributed by atoms with E-state index in [1.165, 1.54) is 22.3 Å². The fourth-order valence-electron chi connectivity index (χ4n) is 3.68. The summed E-state index contributed by atoms with van der Waals surface area (Å²) in [5, 5.41) is 0. The largest absolute Gasteiger partial charge is 0.449 e. The minimum Gasteiger partial charge on any atom is -0.449 e. The number of amides is 1. The van der Waals surface area contributed by atoms with Gasteiger partial charge in [0.1, 0.15) is 0 Å². The van der Waals surface area contributed by atoms with E-state index in [-0.39, 0.29) is 6.09 Å². The minimum absolute atomic E-state index is 0.222. The molecule has 116 valence electrons. The van der Waals surface area contributed by atoms with Crippen molar-refractivity contribution in [2.24, 2.45) is 0 Å². The Bertz CT molecular complexity index is 589. The van der Waals surface area contributed by atoms with E-state index in [0.717, 1.165) is 51.0 Å². The van der Waals surface area contributed by atoms with Crippen molar-refractivity contribution < 1.29 is 9.53 Å². The first-order valence-electron chi connectivity index (χ1n) is 8.20. The Labute approximate surface area is 133 Å². The van der Waals surface area contributed by atoms with Gasteiger partial charge in [-0.05, 0) is 74.9 Å². The molecule has 2 radical (unpaired) electrons. The molecule has 0 aromatic heterocycles. The molecule has 0 spiro atoms. The van der Waals surface area contributed by atoms with Gasteiger partial charge in [0.15, 0.2) is 7.98 Å². The summed E-state index contributed by atoms with van der Waals surface area (Å²) in [6, 6.07) is 2.29. The first-order valence-corrected chi connectivity index (χ1v) is 8.20. The molecule has 0 fully saturated rings. The summed E-state index contributed by atoms with van der Waals surface area (Å²) in [5.41, 5.74) is 6.35. The molecule has 1 aromatic rings. The van der Waals surface area contributed by atoms with Crippen molar-refractivity contribution in [3.05, 3.63) is 28.3 Å². The molecule has 0 bridgehead atoms. The maximum Gasteiger partial charge on any atom is 0.414 e. The zero-order valence-electron chi connectivity index (χ0n) is 13.5. The third kappa shape index (κ3) is 2.74. The van der Waals surface area contributed by atoms with Gasteiger partial charge in [-0.3, -0.25) is 4.90 Å². The van der Waals surface area contributed by atoms with Gasteiger partial charge in [0.05, 0.1) is 12.3 Å². The maximum absolute atomic E-state index is 12.3. The highest BCUT2D eigenvalue weighted by atomic mass is 16.6. The van der Waals surface area contributed by atoms with E-state index < -0.39 is 0 Å². The van der Waals surface area contributed by atoms with E-state index in [9.17, 15) is 4.79 Å². The number of ether oxygens (including phenoxy) is 1. The monoisotopic (exact) mass is 298 g/mol. The quantitative estimate of drug-likeness (QED) is 0.746. The van der Waals surface area contributed by atoms with Crippen LogP contribution in [-0.4, -0.2) is 45.1 Å². The van der Waals surface area contributed by atoms with Crippen LogP contribution in [0.4, 0.5) is 10.5 Å². The second kappa shape index (κ2) is 6.33. The number of anilines is 1. The molecular formula is C17H23BN2O2. The van der Waals surface area contributed by atoms with Crippen molar-refractivity contribution in [2.75, 3.05) is 31.1 Å². The molecule has 0 N–H and O–H groups in total. The van der Waals surface area contributed by atoms with Crippen LogP contribution < -0.4 is 4.90 Å². The lowest BCUT2D eigenvalue weighted by atomic mass is 9.89. The Hall–Kier alpha value is -1.49. The summed E-state index contributed by atoms with van der Waals surface area (Å²) < 4.78 is 5.24. The number of nitrogens with zero attached hydrogens (tertiary/aromatic N) is 2. The Balaban J connectivity index is 2.04. The van der Waals surface area contributed by atoms with E-state index in [4.69, 9.17) is 12.7 Å². The van der Waals surface area contributed by atoms with Crippen LogP contribution in [0.1, 0.15) is 35.6 Å². The normalized spacial score (nSPS) is 18.4. The summed E-state index contributed by atoms with van der Waals surface area (Å²) in [7, 11) is 5.98. The van der Waals surface area contributed by atoms with Crippen molar-refractivity contribution >= 4 is 19.8 Å². The van der Waals surface area contributed by atoms with Gasteiger partial charge >= 0.3 is 6.09 Å². The number of rotatable bonds is 1. The average molecular weight is 298 g/mol. The van der Waals surface area contributed by atoms with Gasteiger partial charge in [-0.15, -0.1) is 0 Å². The number of fused-ring (bicyclic) bond motifs is 2. The lowest BCUT2D eigenvalue weighted by Crippen LogP contribution is -2.37. The summed E-state index contributed by atoms with van der Waals surface area (Å²) in [6.45, 7) is 6.91. The Morgan fingerprint density at radius 1 is 1.23 bits per heavy atom. The van der Waals surface area contributed by atoms with Crippen LogP contribution in [0.3, 0.4) is 0 Å². The van der Waals surface area contributed by atoms with E-state index >= 15 is 0 Å². The van der Waals surface area contributed by atoms with E-state index in [1.807, 2.05) is 16.6 Å². The number of carbonyl (C=O) groups is 1. The number of aryl methyl sites for hydroxylation is 1. The van der Waals surface area contributed by atoms with Crippen LogP contribution >= 0.6 is 0 Å². The molecule has 0 atom stereocenters. The fourth-order valence-corrected chi connectivity index (χ4v) is 3.68. The molecule has 0 aliphatic carbocycles. The second-order valence-electron chi connectivity index (χ2n) is 6.14. The van der Waals surface area contributed by atoms with Crippen molar-refractivity contribution in [1.82, 2.24) is 4.81 Å². The standard InChI is InChI=1S/C17H23BN2O2/c1-3-22-17(21)20-8-4-5-14-11-13-6-9-19(18)10-7-15(13)12(2)16(14)20/h11H,3-10H2,1-2H3. The van der Waals surface area contributed by atoms with Gasteiger partial charge in [0.2, 0.25) is 0 Å². The molecule has 2 aliphatic heterocycles. The van der Waals surface area contributed by atoms with E-state index in [2.05, 4.69) is 13.0 Å². The summed E-state index contributed by atoms with van der Waals surface area (Å²) >= 11 is 0. The van der Waals surface area contributed by atoms with Crippen LogP contribution in [0.5, 0.6) is 0 Å². The molecule has 2 heterocycles. The minimum atomic E-state index is -0.222. The molecule has 5 heteroatoms. The van der Waals surface area contributed by atoms with E-state index in [0.29, 0.717) is 6.61 Å². The molecule has 0 saturated heterocycles. The highest BCUT2D eigenvalue weighted by molar-refractivity contribution is 6.04. The van der Waals surface area contributed by atoms with Crippen molar-refractivity contribution in [3.8, 4) is 0 Å². The smallest absolute Gasteiger partial charge is 0.414 e. The van der Waals surface area contributed by atoms with Crippen molar-refractivity contribution in [3.63, 3.8) is 0 Å². The second-order valence-corrected chi connectivity index (χ2v) is 6.14. The Morgan fingerprint density at radius 2 is 2.00 bits per heavy atom. The third-order valence-corrected chi connectivity index (χ3v) is 4.75. The molecule has 22 heavy (non-hydrogen) atoms. The SMILES string of the molecule is [B]N1CCc2cc3c(c(C)c2CC1)N(C(=O)OCC)CCC3. The Morgan fingerprint density at radius 3 is 2.77 bits per heavy atom. The van der Waals surface area contributed by atoms with Crippen LogP contribution in [-0.2, 0) is 24.0 Å². The lowest BCUT2D eigenvalue weighted by Gasteiger charge is -2.32. The van der Waals surface area contributed by atoms with E-state index in [1.54, 1.807) is 0 Å². The molecule has 2 aliphatic rings. The molecule has 1 amide bonds. The average Bonchev–Trinajstić information content (AvgIpc) is 2.69. The summed E-state index contributed by atoms with van der Waals surface area (Å²) in [4.78, 5) is 16.0. The van der Waals surface area contributed by atoms with Gasteiger partial charge in [-0.2, -0.15) is 0 Å². The summed E-state index contributed by atoms with van der Waals surface area (Å²) in [5.74, 6) is 0. The lowest BCUT2D eigenvalue weighted by molar-refractivity contribution is 0.159. The van der Waals surface area contributed by atoms with Gasteiger partial charge in [0.25, 0.3) is 0 Å². The van der Waals surface area contributed by atoms with Crippen molar-refractivity contribution in [1.29, 1.82) is 0 Å². The van der Waals surface area contributed by atoms with Crippen LogP contribution in [0.25, 0.3) is 0 Å². The van der Waals surface area contributed by atoms with Crippen LogP contribution in [0.15, 0.2) is 6.07 Å². The zero-order valence-corrected chi connectivity index (χ0v) is 13.5. The molecule has 4 nitrogen and oxygen atoms in total. The Kier molecular flexibility index (Phi) is 4.43. The summed E-state index contributed by atoms with van der Waals surface area (Å²) in [6.07, 6.45) is 3.74. The van der Waals surface area contributed by atoms with Gasteiger partial charge in [0, 0.05) is 6.54 Å². The predicted octanol–water partition coefficient (Wildman–Crippen LogP) is 2.39. The molecule has 1 aromatic carbocycles. The van der Waals surface area contributed by atoms with Crippen LogP contribution in [0, 0.1) is 6.92 Å². The van der Waals surface area contributed by atoms with Gasteiger partial charge in [-0.1, -0.05) is 6.07 Å². The molecule has 0 saturated carbocycles. The third-order valence-electron chi connectivity index (χ3n) is 4.75. The molecular weight excluding hydrogens is 275 g/mol. The topological polar surface area (TPSA) is 32.8 Å². The molecule has 0 unspecified atom stereocenters. The maximum atomic E-state index is 12.3. The predicted molar refractivity (Wildman–Crippen MR) is 88.6 cm³/mol. The number of benzene rings is 1.